The minimum Gasteiger partial charge on any atom is -0.467 e. The van der Waals surface area contributed by atoms with E-state index in [1.54, 1.807) is 24.3 Å². The summed E-state index contributed by atoms with van der Waals surface area (Å²) in [4.78, 5) is 21.2. The van der Waals surface area contributed by atoms with Crippen molar-refractivity contribution in [1.29, 1.82) is 0 Å². The third-order valence-electron chi connectivity index (χ3n) is 1.93. The summed E-state index contributed by atoms with van der Waals surface area (Å²) in [5.41, 5.74) is 1.15. The lowest BCUT2D eigenvalue weighted by Crippen LogP contribution is -2.13. The van der Waals surface area contributed by atoms with Crippen LogP contribution in [0.3, 0.4) is 0 Å². The highest BCUT2D eigenvalue weighted by Crippen LogP contribution is 2.07. The molecule has 0 aliphatic carbocycles. The maximum atomic E-state index is 13.0. The van der Waals surface area contributed by atoms with Gasteiger partial charge >= 0.3 is 5.97 Å². The zero-order valence-corrected chi connectivity index (χ0v) is 8.72. The molecule has 4 heteroatoms. The number of carbonyl (C=O) groups is 2. The van der Waals surface area contributed by atoms with Crippen molar-refractivity contribution in [3.63, 3.8) is 0 Å². The largest absolute Gasteiger partial charge is 0.467 e. The first-order valence-electron chi connectivity index (χ1n) is 4.62. The fourth-order valence-electron chi connectivity index (χ4n) is 1.12. The molecule has 1 atom stereocenters. The monoisotopic (exact) mass is 222 g/mol. The molecule has 84 valence electrons. The molecule has 0 spiro atoms. The molecule has 0 heterocycles. The lowest BCUT2D eigenvalue weighted by atomic mass is 10.1. The average molecular weight is 222 g/mol. The highest BCUT2D eigenvalue weighted by molar-refractivity contribution is 5.79. The van der Waals surface area contributed by atoms with Crippen LogP contribution in [0.15, 0.2) is 30.3 Å². The van der Waals surface area contributed by atoms with Gasteiger partial charge in [0.25, 0.3) is 0 Å². The summed E-state index contributed by atoms with van der Waals surface area (Å²) in [6.07, 6.45) is 1.42. The molecule has 0 unspecified atom stereocenters. The molecule has 0 saturated heterocycles. The molecular weight excluding hydrogens is 211 g/mol. The number of alkyl halides is 1. The Hall–Kier alpha value is -1.97. The van der Waals surface area contributed by atoms with Crippen LogP contribution in [0.5, 0.6) is 0 Å². The van der Waals surface area contributed by atoms with E-state index in [1.165, 1.54) is 6.08 Å². The van der Waals surface area contributed by atoms with E-state index in [-0.39, 0.29) is 0 Å². The number of hydrogen-bond donors (Lipinski definition) is 0. The second kappa shape index (κ2) is 5.80. The van der Waals surface area contributed by atoms with Gasteiger partial charge in [0.15, 0.2) is 0 Å². The Balaban J connectivity index is 2.75. The van der Waals surface area contributed by atoms with Crippen LogP contribution in [0.4, 0.5) is 4.39 Å². The number of esters is 1. The van der Waals surface area contributed by atoms with E-state index in [2.05, 4.69) is 4.74 Å². The zero-order valence-electron chi connectivity index (χ0n) is 8.72. The van der Waals surface area contributed by atoms with Crippen molar-refractivity contribution in [2.75, 3.05) is 7.11 Å². The van der Waals surface area contributed by atoms with Crippen molar-refractivity contribution >= 4 is 18.3 Å². The summed E-state index contributed by atoms with van der Waals surface area (Å²) >= 11 is 0. The predicted octanol–water partition coefficient (Wildman–Crippen LogP) is 2.02. The molecular formula is C12H11FO3. The summed E-state index contributed by atoms with van der Waals surface area (Å²) < 4.78 is 17.3. The third kappa shape index (κ3) is 3.31. The topological polar surface area (TPSA) is 43.4 Å². The summed E-state index contributed by atoms with van der Waals surface area (Å²) in [5.74, 6) is -0.942. The number of aldehydes is 1. The maximum absolute atomic E-state index is 13.0. The third-order valence-corrected chi connectivity index (χ3v) is 1.93. The molecule has 0 bridgehead atoms. The van der Waals surface area contributed by atoms with Gasteiger partial charge in [-0.3, -0.25) is 4.79 Å². The highest BCUT2D eigenvalue weighted by Gasteiger charge is 2.12. The lowest BCUT2D eigenvalue weighted by Gasteiger charge is -1.99. The molecule has 0 amide bonds. The van der Waals surface area contributed by atoms with Gasteiger partial charge in [-0.2, -0.15) is 0 Å². The van der Waals surface area contributed by atoms with Crippen LogP contribution in [0, 0.1) is 0 Å². The van der Waals surface area contributed by atoms with E-state index in [1.807, 2.05) is 0 Å². The Morgan fingerprint density at radius 2 is 2.12 bits per heavy atom. The van der Waals surface area contributed by atoms with Crippen molar-refractivity contribution in [1.82, 2.24) is 0 Å². The van der Waals surface area contributed by atoms with E-state index in [0.29, 0.717) is 17.4 Å². The van der Waals surface area contributed by atoms with Crippen LogP contribution < -0.4 is 0 Å². The second-order valence-electron chi connectivity index (χ2n) is 3.07. The summed E-state index contributed by atoms with van der Waals surface area (Å²) in [5, 5.41) is 0. The summed E-state index contributed by atoms with van der Waals surface area (Å²) in [6, 6.07) is 6.60. The molecule has 0 N–H and O–H groups in total. The highest BCUT2D eigenvalue weighted by atomic mass is 19.1. The fourth-order valence-corrected chi connectivity index (χ4v) is 1.12. The molecule has 16 heavy (non-hydrogen) atoms. The Morgan fingerprint density at radius 1 is 1.44 bits per heavy atom. The van der Waals surface area contributed by atoms with Gasteiger partial charge in [0.05, 0.1) is 7.11 Å². The Morgan fingerprint density at radius 3 is 2.75 bits per heavy atom. The summed E-state index contributed by atoms with van der Waals surface area (Å²) in [6.45, 7) is 0. The lowest BCUT2D eigenvalue weighted by molar-refractivity contribution is -0.144. The number of methoxy groups -OCH3 is 1. The van der Waals surface area contributed by atoms with Crippen molar-refractivity contribution in [2.24, 2.45) is 0 Å². The Kier molecular flexibility index (Phi) is 4.39. The van der Waals surface area contributed by atoms with Crippen LogP contribution >= 0.6 is 0 Å². The molecule has 0 aliphatic heterocycles. The summed E-state index contributed by atoms with van der Waals surface area (Å²) in [7, 11) is 1.12. The predicted molar refractivity (Wildman–Crippen MR) is 57.8 cm³/mol. The normalized spacial score (nSPS) is 12.4. The standard InChI is InChI=1S/C12H11FO3/c1-16-12(15)11(13)6-5-9-3-2-4-10(7-9)8-14/h2-8,11H,1H3/b6-5+/t11-/m1/s1. The zero-order chi connectivity index (χ0) is 12.0. The van der Waals surface area contributed by atoms with Gasteiger partial charge in [-0.1, -0.05) is 24.3 Å². The molecule has 0 aliphatic rings. The minimum absolute atomic E-state index is 0.496. The van der Waals surface area contributed by atoms with Crippen molar-refractivity contribution in [3.05, 3.63) is 41.5 Å². The van der Waals surface area contributed by atoms with E-state index >= 15 is 0 Å². The van der Waals surface area contributed by atoms with Gasteiger partial charge in [0.1, 0.15) is 6.29 Å². The van der Waals surface area contributed by atoms with E-state index in [0.717, 1.165) is 13.2 Å². The number of benzene rings is 1. The fraction of sp³-hybridized carbons (Fsp3) is 0.167. The van der Waals surface area contributed by atoms with Crippen LogP contribution in [-0.4, -0.2) is 25.5 Å². The second-order valence-corrected chi connectivity index (χ2v) is 3.07. The molecule has 0 saturated carbocycles. The van der Waals surface area contributed by atoms with Crippen molar-refractivity contribution in [2.45, 2.75) is 6.17 Å². The van der Waals surface area contributed by atoms with Gasteiger partial charge in [-0.05, 0) is 17.7 Å². The van der Waals surface area contributed by atoms with E-state index in [9.17, 15) is 14.0 Å². The van der Waals surface area contributed by atoms with Crippen LogP contribution in [0.1, 0.15) is 15.9 Å². The number of carbonyl (C=O) groups excluding carboxylic acids is 2. The average Bonchev–Trinajstić information content (AvgIpc) is 2.35. The van der Waals surface area contributed by atoms with Crippen molar-refractivity contribution < 1.29 is 18.7 Å². The molecule has 1 aromatic rings. The number of ether oxygens (including phenoxy) is 1. The minimum atomic E-state index is -1.79. The van der Waals surface area contributed by atoms with Crippen LogP contribution in [0.2, 0.25) is 0 Å². The Bertz CT molecular complexity index is 412. The van der Waals surface area contributed by atoms with E-state index in [4.69, 9.17) is 0 Å². The maximum Gasteiger partial charge on any atom is 0.344 e. The van der Waals surface area contributed by atoms with Crippen molar-refractivity contribution in [3.8, 4) is 0 Å². The molecule has 0 aromatic heterocycles. The van der Waals surface area contributed by atoms with Crippen LogP contribution in [-0.2, 0) is 9.53 Å². The molecule has 3 nitrogen and oxygen atoms in total. The van der Waals surface area contributed by atoms with Gasteiger partial charge in [0, 0.05) is 5.56 Å². The first-order valence-corrected chi connectivity index (χ1v) is 4.62. The van der Waals surface area contributed by atoms with Gasteiger partial charge < -0.3 is 4.74 Å². The number of rotatable bonds is 4. The first-order chi connectivity index (χ1) is 7.67. The number of halogens is 1. The molecule has 1 aromatic carbocycles. The Labute approximate surface area is 92.5 Å². The van der Waals surface area contributed by atoms with Gasteiger partial charge in [-0.25, -0.2) is 9.18 Å². The smallest absolute Gasteiger partial charge is 0.344 e. The van der Waals surface area contributed by atoms with Gasteiger partial charge in [-0.15, -0.1) is 0 Å². The van der Waals surface area contributed by atoms with Gasteiger partial charge in [0.2, 0.25) is 6.17 Å². The molecule has 0 radical (unpaired) electrons. The number of hydrogen-bond acceptors (Lipinski definition) is 3. The molecule has 0 fully saturated rings. The van der Waals surface area contributed by atoms with E-state index < -0.39 is 12.1 Å². The first kappa shape index (κ1) is 12.1. The van der Waals surface area contributed by atoms with Crippen LogP contribution in [0.25, 0.3) is 6.08 Å². The SMILES string of the molecule is COC(=O)[C@H](F)/C=C/c1cccc(C=O)c1. The molecule has 1 rings (SSSR count). The quantitative estimate of drug-likeness (QED) is 0.578.